The van der Waals surface area contributed by atoms with Crippen LogP contribution in [0.2, 0.25) is 0 Å². The number of hydrogen-bond donors (Lipinski definition) is 0. The fourth-order valence-corrected chi connectivity index (χ4v) is 5.10. The predicted molar refractivity (Wildman–Crippen MR) is 85.9 cm³/mol. The second-order valence-corrected chi connectivity index (χ2v) is 9.41. The number of nitrogens with zero attached hydrogens (tertiary/aromatic N) is 1. The molecule has 2 atom stereocenters. The van der Waals surface area contributed by atoms with Crippen molar-refractivity contribution in [3.05, 3.63) is 23.8 Å². The number of epoxide rings is 1. The van der Waals surface area contributed by atoms with E-state index in [1.807, 2.05) is 13.8 Å². The highest BCUT2D eigenvalue weighted by atomic mass is 32.2. The van der Waals surface area contributed by atoms with Gasteiger partial charge < -0.3 is 9.47 Å². The lowest BCUT2D eigenvalue weighted by Gasteiger charge is -2.31. The first-order valence-electron chi connectivity index (χ1n) is 8.27. The molecule has 23 heavy (non-hydrogen) atoms. The van der Waals surface area contributed by atoms with E-state index in [1.54, 1.807) is 22.5 Å². The molecule has 6 heteroatoms. The molecule has 1 aromatic rings. The summed E-state index contributed by atoms with van der Waals surface area (Å²) in [6.07, 6.45) is 1.83. The molecule has 2 saturated heterocycles. The molecule has 0 N–H and O–H groups in total. The van der Waals surface area contributed by atoms with Gasteiger partial charge in [-0.15, -0.1) is 0 Å². The molecule has 2 fully saturated rings. The van der Waals surface area contributed by atoms with Crippen LogP contribution in [0.15, 0.2) is 23.1 Å². The van der Waals surface area contributed by atoms with Gasteiger partial charge in [-0.25, -0.2) is 8.42 Å². The van der Waals surface area contributed by atoms with Crippen molar-refractivity contribution in [2.75, 3.05) is 13.1 Å². The highest BCUT2D eigenvalue weighted by Gasteiger charge is 2.56. The summed E-state index contributed by atoms with van der Waals surface area (Å²) < 4.78 is 39.0. The molecular weight excluding hydrogens is 314 g/mol. The average Bonchev–Trinajstić information content (AvgIpc) is 3.29. The quantitative estimate of drug-likeness (QED) is 0.779. The third-order valence-corrected chi connectivity index (χ3v) is 7.11. The van der Waals surface area contributed by atoms with E-state index in [-0.39, 0.29) is 17.8 Å². The minimum absolute atomic E-state index is 0.0174. The lowest BCUT2D eigenvalue weighted by atomic mass is 9.94. The van der Waals surface area contributed by atoms with Crippen LogP contribution >= 0.6 is 0 Å². The molecule has 0 aromatic heterocycles. The molecular formula is C17H23NO4S. The molecule has 4 rings (SSSR count). The number of piperidine rings is 1. The number of benzene rings is 1. The normalized spacial score (nSPS) is 30.2. The molecule has 0 aliphatic carbocycles. The smallest absolute Gasteiger partial charge is 0.243 e. The van der Waals surface area contributed by atoms with Crippen LogP contribution in [0, 0.1) is 5.92 Å². The molecule has 3 aliphatic rings. The summed E-state index contributed by atoms with van der Waals surface area (Å²) in [7, 11) is -3.43. The van der Waals surface area contributed by atoms with E-state index in [0.29, 0.717) is 23.9 Å². The van der Waals surface area contributed by atoms with E-state index in [9.17, 15) is 8.42 Å². The summed E-state index contributed by atoms with van der Waals surface area (Å²) in [4.78, 5) is 0.350. The Morgan fingerprint density at radius 3 is 2.61 bits per heavy atom. The molecule has 0 bridgehead atoms. The Hall–Kier alpha value is -1.11. The minimum Gasteiger partial charge on any atom is -0.485 e. The van der Waals surface area contributed by atoms with E-state index in [4.69, 9.17) is 9.47 Å². The second kappa shape index (κ2) is 4.94. The van der Waals surface area contributed by atoms with Crippen LogP contribution in [-0.2, 0) is 14.8 Å². The molecule has 0 spiro atoms. The Morgan fingerprint density at radius 2 is 1.91 bits per heavy atom. The van der Waals surface area contributed by atoms with Crippen molar-refractivity contribution in [1.29, 1.82) is 0 Å². The maximum absolute atomic E-state index is 12.9. The van der Waals surface area contributed by atoms with Crippen LogP contribution in [0.25, 0.3) is 0 Å². The standard InChI is InChI=1S/C17H23NO4S/c1-11-6-8-18(9-7-11)23(19,20)12-4-5-14-13(10-12)15-16(21-15)17(2,3)22-14/h4-5,10-11,15-16H,6-9H2,1-3H3/t15-,16-/m0/s1. The van der Waals surface area contributed by atoms with Gasteiger partial charge in [0.1, 0.15) is 23.6 Å². The topological polar surface area (TPSA) is 59.1 Å². The highest BCUT2D eigenvalue weighted by molar-refractivity contribution is 7.89. The van der Waals surface area contributed by atoms with Crippen molar-refractivity contribution in [1.82, 2.24) is 4.31 Å². The van der Waals surface area contributed by atoms with Gasteiger partial charge >= 0.3 is 0 Å². The summed E-state index contributed by atoms with van der Waals surface area (Å²) >= 11 is 0. The fourth-order valence-electron chi connectivity index (χ4n) is 3.60. The SMILES string of the molecule is CC1CCN(S(=O)(=O)c2ccc3c(c2)[C@@H]2O[C@@H]2C(C)(C)O3)CC1. The molecule has 0 amide bonds. The zero-order valence-corrected chi connectivity index (χ0v) is 14.6. The molecule has 5 nitrogen and oxygen atoms in total. The van der Waals surface area contributed by atoms with Gasteiger partial charge in [-0.1, -0.05) is 6.92 Å². The number of rotatable bonds is 2. The maximum atomic E-state index is 12.9. The van der Waals surface area contributed by atoms with Crippen LogP contribution in [0.4, 0.5) is 0 Å². The summed E-state index contributed by atoms with van der Waals surface area (Å²) in [5.74, 6) is 1.33. The number of hydrogen-bond acceptors (Lipinski definition) is 4. The first-order chi connectivity index (χ1) is 10.8. The van der Waals surface area contributed by atoms with Crippen LogP contribution in [-0.4, -0.2) is 37.5 Å². The highest BCUT2D eigenvalue weighted by Crippen LogP contribution is 2.54. The zero-order valence-electron chi connectivity index (χ0n) is 13.8. The first-order valence-corrected chi connectivity index (χ1v) is 9.71. The van der Waals surface area contributed by atoms with E-state index < -0.39 is 10.0 Å². The molecule has 0 unspecified atom stereocenters. The van der Waals surface area contributed by atoms with Gasteiger partial charge in [0, 0.05) is 18.7 Å². The zero-order chi connectivity index (χ0) is 16.4. The number of fused-ring (bicyclic) bond motifs is 3. The molecule has 3 aliphatic heterocycles. The Balaban J connectivity index is 1.65. The van der Waals surface area contributed by atoms with Gasteiger partial charge in [0.15, 0.2) is 0 Å². The van der Waals surface area contributed by atoms with Crippen molar-refractivity contribution in [2.45, 2.75) is 56.3 Å². The van der Waals surface area contributed by atoms with E-state index in [0.717, 1.165) is 24.2 Å². The van der Waals surface area contributed by atoms with E-state index in [1.165, 1.54) is 0 Å². The summed E-state index contributed by atoms with van der Waals surface area (Å²) in [6, 6.07) is 5.17. The third kappa shape index (κ3) is 2.47. The van der Waals surface area contributed by atoms with Crippen molar-refractivity contribution in [3.63, 3.8) is 0 Å². The van der Waals surface area contributed by atoms with E-state index >= 15 is 0 Å². The summed E-state index contributed by atoms with van der Waals surface area (Å²) in [5, 5.41) is 0. The van der Waals surface area contributed by atoms with Gasteiger partial charge in [0.05, 0.1) is 4.90 Å². The monoisotopic (exact) mass is 337 g/mol. The Kier molecular flexibility index (Phi) is 3.31. The maximum Gasteiger partial charge on any atom is 0.243 e. The first kappa shape index (κ1) is 15.4. The fraction of sp³-hybridized carbons (Fsp3) is 0.647. The Bertz CT molecular complexity index is 735. The van der Waals surface area contributed by atoms with Crippen molar-refractivity contribution >= 4 is 10.0 Å². The molecule has 0 radical (unpaired) electrons. The summed E-state index contributed by atoms with van der Waals surface area (Å²) in [6.45, 7) is 7.38. The van der Waals surface area contributed by atoms with Gasteiger partial charge in [-0.05, 0) is 50.8 Å². The average molecular weight is 337 g/mol. The van der Waals surface area contributed by atoms with Crippen LogP contribution in [0.5, 0.6) is 5.75 Å². The number of sulfonamides is 1. The van der Waals surface area contributed by atoms with Gasteiger partial charge in [0.25, 0.3) is 0 Å². The lowest BCUT2D eigenvalue weighted by molar-refractivity contribution is 0.0724. The third-order valence-electron chi connectivity index (χ3n) is 5.22. The van der Waals surface area contributed by atoms with Gasteiger partial charge in [-0.3, -0.25) is 0 Å². The van der Waals surface area contributed by atoms with E-state index in [2.05, 4.69) is 6.92 Å². The van der Waals surface area contributed by atoms with Crippen molar-refractivity contribution in [3.8, 4) is 5.75 Å². The predicted octanol–water partition coefficient (Wildman–Crippen LogP) is 2.72. The second-order valence-electron chi connectivity index (χ2n) is 7.47. The lowest BCUT2D eigenvalue weighted by Crippen LogP contribution is -2.39. The van der Waals surface area contributed by atoms with Crippen LogP contribution < -0.4 is 4.74 Å². The molecule has 126 valence electrons. The molecule has 3 heterocycles. The molecule has 0 saturated carbocycles. The summed E-state index contributed by atoms with van der Waals surface area (Å²) in [5.41, 5.74) is 0.502. The van der Waals surface area contributed by atoms with Gasteiger partial charge in [0.2, 0.25) is 10.0 Å². The molecule has 1 aromatic carbocycles. The van der Waals surface area contributed by atoms with Crippen molar-refractivity contribution < 1.29 is 17.9 Å². The minimum atomic E-state index is -3.43. The van der Waals surface area contributed by atoms with Gasteiger partial charge in [-0.2, -0.15) is 4.31 Å². The Labute approximate surface area is 137 Å². The van der Waals surface area contributed by atoms with Crippen LogP contribution in [0.3, 0.4) is 0 Å². The Morgan fingerprint density at radius 1 is 1.22 bits per heavy atom. The number of ether oxygens (including phenoxy) is 2. The largest absolute Gasteiger partial charge is 0.485 e. The van der Waals surface area contributed by atoms with Crippen molar-refractivity contribution in [2.24, 2.45) is 5.92 Å². The van der Waals surface area contributed by atoms with Crippen LogP contribution in [0.1, 0.15) is 45.3 Å².